The van der Waals surface area contributed by atoms with Gasteiger partial charge < -0.3 is 9.80 Å². The summed E-state index contributed by atoms with van der Waals surface area (Å²) in [6, 6.07) is 16.6. The van der Waals surface area contributed by atoms with Crippen molar-refractivity contribution in [2.24, 2.45) is 0 Å². The van der Waals surface area contributed by atoms with E-state index in [4.69, 9.17) is 11.6 Å². The maximum atomic E-state index is 6.35. The Morgan fingerprint density at radius 1 is 0.933 bits per heavy atom. The number of benzene rings is 2. The van der Waals surface area contributed by atoms with Crippen LogP contribution in [0.3, 0.4) is 0 Å². The van der Waals surface area contributed by atoms with Crippen LogP contribution in [0.5, 0.6) is 0 Å². The first-order valence-electron chi connectivity index (χ1n) is 10.5. The van der Waals surface area contributed by atoms with Crippen LogP contribution in [0.4, 0.5) is 11.4 Å². The zero-order valence-corrected chi connectivity index (χ0v) is 20.5. The molecule has 0 spiro atoms. The maximum Gasteiger partial charge on any atom is 0.0567 e. The van der Waals surface area contributed by atoms with Gasteiger partial charge >= 0.3 is 0 Å². The van der Waals surface area contributed by atoms with Gasteiger partial charge in [0.2, 0.25) is 0 Å². The molecule has 2 saturated heterocycles. The van der Waals surface area contributed by atoms with Gasteiger partial charge in [0.25, 0.3) is 0 Å². The standard InChI is InChI=1S/C23H28ClN3S.2ClH/c1-25-15-18-6-4-7-19(16-25)26(18)12-5-13-27-20-8-2-3-9-22(20)28-23-11-10-17(24)14-21(23)27;;/h2-3,8-11,14,18-19H,4-7,12-13,15-16H2,1H3;2*1H. The first kappa shape index (κ1) is 24.0. The Morgan fingerprint density at radius 2 is 1.63 bits per heavy atom. The number of halogens is 3. The number of hydrogen-bond donors (Lipinski definition) is 0. The number of likely N-dealkylation sites (N-methyl/N-ethyl adjacent to an activating group) is 1. The Bertz CT molecular complexity index is 851. The quantitative estimate of drug-likeness (QED) is 0.498. The molecule has 7 heteroatoms. The Labute approximate surface area is 201 Å². The van der Waals surface area contributed by atoms with Gasteiger partial charge in [0, 0.05) is 53.1 Å². The highest BCUT2D eigenvalue weighted by atomic mass is 35.5. The van der Waals surface area contributed by atoms with Gasteiger partial charge in [-0.3, -0.25) is 4.90 Å². The van der Waals surface area contributed by atoms with Crippen molar-refractivity contribution in [2.45, 2.75) is 47.6 Å². The van der Waals surface area contributed by atoms with E-state index in [1.807, 2.05) is 17.8 Å². The van der Waals surface area contributed by atoms with E-state index >= 15 is 0 Å². The molecule has 0 aliphatic carbocycles. The highest BCUT2D eigenvalue weighted by Gasteiger charge is 2.35. The molecule has 0 amide bonds. The molecule has 2 atom stereocenters. The van der Waals surface area contributed by atoms with Crippen molar-refractivity contribution in [1.29, 1.82) is 0 Å². The van der Waals surface area contributed by atoms with Gasteiger partial charge in [-0.05, 0) is 56.6 Å². The first-order valence-corrected chi connectivity index (χ1v) is 11.7. The van der Waals surface area contributed by atoms with E-state index < -0.39 is 0 Å². The van der Waals surface area contributed by atoms with E-state index in [1.54, 1.807) is 0 Å². The summed E-state index contributed by atoms with van der Waals surface area (Å²) in [4.78, 5) is 10.5. The van der Waals surface area contributed by atoms with E-state index in [0.29, 0.717) is 0 Å². The zero-order valence-electron chi connectivity index (χ0n) is 17.3. The molecule has 2 aromatic carbocycles. The summed E-state index contributed by atoms with van der Waals surface area (Å²) in [5, 5.41) is 0.817. The molecule has 30 heavy (non-hydrogen) atoms. The molecular formula is C23H30Cl3N3S. The molecule has 0 radical (unpaired) electrons. The fraction of sp³-hybridized carbons (Fsp3) is 0.478. The van der Waals surface area contributed by atoms with Crippen LogP contribution in [-0.2, 0) is 0 Å². The summed E-state index contributed by atoms with van der Waals surface area (Å²) in [6.45, 7) is 4.71. The summed E-state index contributed by atoms with van der Waals surface area (Å²) in [7, 11) is 2.28. The number of fused-ring (bicyclic) bond motifs is 4. The van der Waals surface area contributed by atoms with Gasteiger partial charge in [-0.15, -0.1) is 24.8 Å². The molecule has 5 rings (SSSR count). The van der Waals surface area contributed by atoms with Gasteiger partial charge in [-0.2, -0.15) is 0 Å². The molecule has 0 N–H and O–H groups in total. The molecule has 0 saturated carbocycles. The predicted molar refractivity (Wildman–Crippen MR) is 134 cm³/mol. The minimum absolute atomic E-state index is 0. The van der Waals surface area contributed by atoms with Crippen molar-refractivity contribution < 1.29 is 0 Å². The molecule has 3 nitrogen and oxygen atoms in total. The van der Waals surface area contributed by atoms with Crippen LogP contribution in [0.2, 0.25) is 5.02 Å². The highest BCUT2D eigenvalue weighted by molar-refractivity contribution is 7.99. The molecule has 164 valence electrons. The van der Waals surface area contributed by atoms with Crippen LogP contribution in [0, 0.1) is 0 Å². The Morgan fingerprint density at radius 3 is 2.40 bits per heavy atom. The van der Waals surface area contributed by atoms with E-state index in [-0.39, 0.29) is 24.8 Å². The third kappa shape index (κ3) is 4.74. The van der Waals surface area contributed by atoms with Gasteiger partial charge in [0.1, 0.15) is 0 Å². The summed E-state index contributed by atoms with van der Waals surface area (Å²) < 4.78 is 0. The van der Waals surface area contributed by atoms with Crippen molar-refractivity contribution in [2.75, 3.05) is 38.1 Å². The summed E-state index contributed by atoms with van der Waals surface area (Å²) >= 11 is 8.21. The summed E-state index contributed by atoms with van der Waals surface area (Å²) in [5.74, 6) is 0. The lowest BCUT2D eigenvalue weighted by Gasteiger charge is -2.49. The second-order valence-corrected chi connectivity index (χ2v) is 9.90. The second kappa shape index (κ2) is 10.3. The van der Waals surface area contributed by atoms with E-state index in [2.05, 4.69) is 58.1 Å². The number of nitrogens with zero attached hydrogens (tertiary/aromatic N) is 3. The molecule has 0 aromatic heterocycles. The minimum atomic E-state index is 0. The van der Waals surface area contributed by atoms with E-state index in [9.17, 15) is 0 Å². The highest BCUT2D eigenvalue weighted by Crippen LogP contribution is 2.48. The lowest BCUT2D eigenvalue weighted by molar-refractivity contribution is 0.00101. The first-order chi connectivity index (χ1) is 13.7. The molecule has 2 fully saturated rings. The van der Waals surface area contributed by atoms with Gasteiger partial charge in [-0.25, -0.2) is 0 Å². The number of piperidine rings is 1. The lowest BCUT2D eigenvalue weighted by Crippen LogP contribution is -2.60. The molecule has 3 aliphatic heterocycles. The SMILES string of the molecule is CN1CC2CCCC(C1)N2CCCN1c2ccccc2Sc2ccc(Cl)cc21.Cl.Cl. The Kier molecular flexibility index (Phi) is 8.28. The van der Waals surface area contributed by atoms with Crippen LogP contribution in [0.1, 0.15) is 25.7 Å². The number of hydrogen-bond acceptors (Lipinski definition) is 4. The number of anilines is 2. The van der Waals surface area contributed by atoms with Crippen molar-refractivity contribution in [3.05, 3.63) is 47.5 Å². The van der Waals surface area contributed by atoms with Crippen molar-refractivity contribution in [1.82, 2.24) is 9.80 Å². The Hall–Kier alpha value is -0.620. The van der Waals surface area contributed by atoms with Crippen molar-refractivity contribution >= 4 is 59.6 Å². The maximum absolute atomic E-state index is 6.35. The molecule has 3 aliphatic rings. The van der Waals surface area contributed by atoms with Crippen LogP contribution < -0.4 is 4.90 Å². The molecular weight excluding hydrogens is 457 g/mol. The molecule has 2 aromatic rings. The van der Waals surface area contributed by atoms with Crippen LogP contribution in [0.25, 0.3) is 0 Å². The third-order valence-corrected chi connectivity index (χ3v) is 7.81. The van der Waals surface area contributed by atoms with Crippen LogP contribution in [-0.4, -0.2) is 55.1 Å². The average molecular weight is 487 g/mol. The summed E-state index contributed by atoms with van der Waals surface area (Å²) in [6.07, 6.45) is 5.31. The number of likely N-dealkylation sites (tertiary alicyclic amines) is 1. The zero-order chi connectivity index (χ0) is 19.1. The number of piperazine rings is 1. The predicted octanol–water partition coefficient (Wildman–Crippen LogP) is 6.34. The fourth-order valence-corrected chi connectivity index (χ4v) is 6.47. The van der Waals surface area contributed by atoms with Gasteiger partial charge in [0.15, 0.2) is 0 Å². The van der Waals surface area contributed by atoms with E-state index in [0.717, 1.165) is 23.7 Å². The lowest BCUT2D eigenvalue weighted by atomic mass is 9.91. The Balaban J connectivity index is 0.00000128. The molecule has 2 bridgehead atoms. The molecule has 2 unspecified atom stereocenters. The van der Waals surface area contributed by atoms with E-state index in [1.165, 1.54) is 66.5 Å². The monoisotopic (exact) mass is 485 g/mol. The fourth-order valence-electron chi connectivity index (χ4n) is 5.23. The summed E-state index contributed by atoms with van der Waals surface area (Å²) in [5.41, 5.74) is 2.58. The van der Waals surface area contributed by atoms with Crippen molar-refractivity contribution in [3.63, 3.8) is 0 Å². The largest absolute Gasteiger partial charge is 0.340 e. The average Bonchev–Trinajstić information content (AvgIpc) is 2.68. The number of para-hydroxylation sites is 1. The smallest absolute Gasteiger partial charge is 0.0567 e. The third-order valence-electron chi connectivity index (χ3n) is 6.44. The molecule has 3 heterocycles. The number of rotatable bonds is 4. The van der Waals surface area contributed by atoms with Crippen LogP contribution in [0.15, 0.2) is 52.3 Å². The van der Waals surface area contributed by atoms with Crippen molar-refractivity contribution in [3.8, 4) is 0 Å². The van der Waals surface area contributed by atoms with Gasteiger partial charge in [0.05, 0.1) is 11.4 Å². The van der Waals surface area contributed by atoms with Crippen LogP contribution >= 0.6 is 48.2 Å². The second-order valence-electron chi connectivity index (χ2n) is 8.38. The minimum Gasteiger partial charge on any atom is -0.340 e. The topological polar surface area (TPSA) is 9.72 Å². The van der Waals surface area contributed by atoms with Gasteiger partial charge in [-0.1, -0.05) is 41.9 Å². The normalized spacial score (nSPS) is 23.1.